The van der Waals surface area contributed by atoms with Gasteiger partial charge in [0.2, 0.25) is 0 Å². The van der Waals surface area contributed by atoms with Crippen molar-refractivity contribution >= 4 is 17.3 Å². The molecule has 1 aliphatic heterocycles. The summed E-state index contributed by atoms with van der Waals surface area (Å²) in [5.74, 6) is -0.0945. The van der Waals surface area contributed by atoms with Crippen molar-refractivity contribution in [2.45, 2.75) is 32.8 Å². The average molecular weight is 234 g/mol. The van der Waals surface area contributed by atoms with Crippen molar-refractivity contribution in [3.05, 3.63) is 23.3 Å². The molecule has 1 fully saturated rings. The normalized spacial score (nSPS) is 19.3. The second-order valence-electron chi connectivity index (χ2n) is 4.46. The third-order valence-corrected chi connectivity index (χ3v) is 3.24. The van der Waals surface area contributed by atoms with Crippen LogP contribution in [0.25, 0.3) is 0 Å². The molecule has 0 aromatic heterocycles. The first kappa shape index (κ1) is 11.9. The number of amides is 1. The quantitative estimate of drug-likeness (QED) is 0.769. The number of nitrogen functional groups attached to an aromatic ring is 1. The minimum Gasteiger partial charge on any atom is -0.397 e. The first-order chi connectivity index (χ1) is 8.09. The van der Waals surface area contributed by atoms with Gasteiger partial charge in [-0.2, -0.15) is 0 Å². The van der Waals surface area contributed by atoms with Crippen molar-refractivity contribution in [3.8, 4) is 0 Å². The van der Waals surface area contributed by atoms with Gasteiger partial charge in [0.05, 0.1) is 11.4 Å². The third-order valence-electron chi connectivity index (χ3n) is 3.24. The summed E-state index contributed by atoms with van der Waals surface area (Å²) < 4.78 is 5.34. The van der Waals surface area contributed by atoms with Gasteiger partial charge in [-0.15, -0.1) is 0 Å². The Balaban J connectivity index is 2.17. The summed E-state index contributed by atoms with van der Waals surface area (Å²) in [5.41, 5.74) is 9.32. The van der Waals surface area contributed by atoms with E-state index in [4.69, 9.17) is 10.5 Å². The summed E-state index contributed by atoms with van der Waals surface area (Å²) in [6, 6.07) is 3.76. The van der Waals surface area contributed by atoms with Gasteiger partial charge in [0.25, 0.3) is 5.91 Å². The molecule has 1 aromatic carbocycles. The van der Waals surface area contributed by atoms with Crippen molar-refractivity contribution in [2.75, 3.05) is 17.7 Å². The standard InChI is InChI=1S/C13H18N2O2/c1-8-5-6-10(14)12(9(8)2)15-13(16)11-4-3-7-17-11/h5-6,11H,3-4,7,14H2,1-2H3,(H,15,16). The minimum absolute atomic E-state index is 0.0945. The summed E-state index contributed by atoms with van der Waals surface area (Å²) >= 11 is 0. The largest absolute Gasteiger partial charge is 0.397 e. The van der Waals surface area contributed by atoms with Gasteiger partial charge in [0, 0.05) is 6.61 Å². The monoisotopic (exact) mass is 234 g/mol. The summed E-state index contributed by atoms with van der Waals surface area (Å²) in [4.78, 5) is 11.9. The van der Waals surface area contributed by atoms with Crippen molar-refractivity contribution in [2.24, 2.45) is 0 Å². The van der Waals surface area contributed by atoms with Crippen LogP contribution >= 0.6 is 0 Å². The fourth-order valence-electron chi connectivity index (χ4n) is 1.99. The molecule has 1 atom stereocenters. The SMILES string of the molecule is Cc1ccc(N)c(NC(=O)C2CCCO2)c1C. The number of nitrogens with one attached hydrogen (secondary N) is 1. The Morgan fingerprint density at radius 3 is 2.88 bits per heavy atom. The highest BCUT2D eigenvalue weighted by molar-refractivity contribution is 5.98. The van der Waals surface area contributed by atoms with E-state index in [0.29, 0.717) is 18.0 Å². The Bertz CT molecular complexity index is 437. The number of aryl methyl sites for hydroxylation is 1. The molecule has 4 heteroatoms. The predicted molar refractivity (Wildman–Crippen MR) is 67.9 cm³/mol. The molecule has 1 aromatic rings. The zero-order valence-electron chi connectivity index (χ0n) is 10.2. The van der Waals surface area contributed by atoms with Crippen LogP contribution in [0.1, 0.15) is 24.0 Å². The van der Waals surface area contributed by atoms with E-state index in [-0.39, 0.29) is 12.0 Å². The van der Waals surface area contributed by atoms with Crippen LogP contribution in [-0.2, 0) is 9.53 Å². The number of nitrogens with two attached hydrogens (primary N) is 1. The number of anilines is 2. The van der Waals surface area contributed by atoms with E-state index in [1.54, 1.807) is 0 Å². The van der Waals surface area contributed by atoms with Crippen LogP contribution in [0.2, 0.25) is 0 Å². The van der Waals surface area contributed by atoms with Crippen molar-refractivity contribution < 1.29 is 9.53 Å². The molecule has 0 aliphatic carbocycles. The smallest absolute Gasteiger partial charge is 0.253 e. The molecule has 2 rings (SSSR count). The van der Waals surface area contributed by atoms with Crippen molar-refractivity contribution in [1.82, 2.24) is 0 Å². The minimum atomic E-state index is -0.325. The molecular weight excluding hydrogens is 216 g/mol. The maximum Gasteiger partial charge on any atom is 0.253 e. The van der Waals surface area contributed by atoms with Crippen molar-refractivity contribution in [1.29, 1.82) is 0 Å². The van der Waals surface area contributed by atoms with Gasteiger partial charge >= 0.3 is 0 Å². The number of ether oxygens (including phenoxy) is 1. The van der Waals surface area contributed by atoms with E-state index in [1.807, 2.05) is 26.0 Å². The summed E-state index contributed by atoms with van der Waals surface area (Å²) in [6.45, 7) is 4.62. The second-order valence-corrected chi connectivity index (χ2v) is 4.46. The molecule has 0 saturated carbocycles. The van der Waals surface area contributed by atoms with E-state index in [2.05, 4.69) is 5.32 Å². The molecule has 92 valence electrons. The molecule has 0 spiro atoms. The maximum atomic E-state index is 11.9. The molecular formula is C13H18N2O2. The van der Waals surface area contributed by atoms with E-state index in [9.17, 15) is 4.79 Å². The lowest BCUT2D eigenvalue weighted by molar-refractivity contribution is -0.124. The van der Waals surface area contributed by atoms with Crippen molar-refractivity contribution in [3.63, 3.8) is 0 Å². The van der Waals surface area contributed by atoms with E-state index in [1.165, 1.54) is 0 Å². The molecule has 1 unspecified atom stereocenters. The van der Waals surface area contributed by atoms with Crippen LogP contribution in [0.15, 0.2) is 12.1 Å². The van der Waals surface area contributed by atoms with Crippen LogP contribution in [0, 0.1) is 13.8 Å². The molecule has 17 heavy (non-hydrogen) atoms. The Hall–Kier alpha value is -1.55. The highest BCUT2D eigenvalue weighted by Gasteiger charge is 2.24. The van der Waals surface area contributed by atoms with Crippen LogP contribution in [0.3, 0.4) is 0 Å². The third kappa shape index (κ3) is 2.42. The first-order valence-corrected chi connectivity index (χ1v) is 5.87. The predicted octanol–water partition coefficient (Wildman–Crippen LogP) is 2.00. The van der Waals surface area contributed by atoms with Gasteiger partial charge in [-0.05, 0) is 43.9 Å². The number of benzene rings is 1. The van der Waals surface area contributed by atoms with Crippen LogP contribution in [0.4, 0.5) is 11.4 Å². The van der Waals surface area contributed by atoms with Gasteiger partial charge in [-0.3, -0.25) is 4.79 Å². The second kappa shape index (κ2) is 4.75. The molecule has 1 amide bonds. The fourth-order valence-corrected chi connectivity index (χ4v) is 1.99. The number of rotatable bonds is 2. The van der Waals surface area contributed by atoms with E-state index >= 15 is 0 Å². The number of carbonyl (C=O) groups excluding carboxylic acids is 1. The Kier molecular flexibility index (Phi) is 3.33. The fraction of sp³-hybridized carbons (Fsp3) is 0.462. The lowest BCUT2D eigenvalue weighted by Gasteiger charge is -2.15. The Labute approximate surface area is 101 Å². The Morgan fingerprint density at radius 2 is 2.24 bits per heavy atom. The van der Waals surface area contributed by atoms with Crippen LogP contribution < -0.4 is 11.1 Å². The molecule has 1 saturated heterocycles. The van der Waals surface area contributed by atoms with Gasteiger partial charge < -0.3 is 15.8 Å². The Morgan fingerprint density at radius 1 is 1.47 bits per heavy atom. The van der Waals surface area contributed by atoms with Gasteiger partial charge in [0.1, 0.15) is 6.10 Å². The summed E-state index contributed by atoms with van der Waals surface area (Å²) in [5, 5.41) is 2.87. The average Bonchev–Trinajstić information content (AvgIpc) is 2.83. The number of hydrogen-bond acceptors (Lipinski definition) is 3. The molecule has 0 bridgehead atoms. The molecule has 0 radical (unpaired) electrons. The van der Waals surface area contributed by atoms with Gasteiger partial charge in [-0.1, -0.05) is 6.07 Å². The highest BCUT2D eigenvalue weighted by Crippen LogP contribution is 2.26. The van der Waals surface area contributed by atoms with Gasteiger partial charge in [0.15, 0.2) is 0 Å². The molecule has 4 nitrogen and oxygen atoms in total. The molecule has 1 heterocycles. The number of hydrogen-bond donors (Lipinski definition) is 2. The van der Waals surface area contributed by atoms with E-state index < -0.39 is 0 Å². The lowest BCUT2D eigenvalue weighted by Crippen LogP contribution is -2.27. The zero-order valence-corrected chi connectivity index (χ0v) is 10.2. The van der Waals surface area contributed by atoms with Crippen LogP contribution in [-0.4, -0.2) is 18.6 Å². The maximum absolute atomic E-state index is 11.9. The zero-order chi connectivity index (χ0) is 12.4. The topological polar surface area (TPSA) is 64.3 Å². The van der Waals surface area contributed by atoms with Gasteiger partial charge in [-0.25, -0.2) is 0 Å². The molecule has 3 N–H and O–H groups in total. The number of carbonyl (C=O) groups is 1. The highest BCUT2D eigenvalue weighted by atomic mass is 16.5. The first-order valence-electron chi connectivity index (χ1n) is 5.87. The van der Waals surface area contributed by atoms with Crippen LogP contribution in [0.5, 0.6) is 0 Å². The van der Waals surface area contributed by atoms with E-state index in [0.717, 1.165) is 24.0 Å². The lowest BCUT2D eigenvalue weighted by atomic mass is 10.1. The molecule has 1 aliphatic rings. The summed E-state index contributed by atoms with van der Waals surface area (Å²) in [7, 11) is 0. The summed E-state index contributed by atoms with van der Waals surface area (Å²) in [6.07, 6.45) is 1.41.